The molecule has 0 aliphatic heterocycles. The van der Waals surface area contributed by atoms with Crippen LogP contribution in [-0.2, 0) is 4.43 Å². The highest BCUT2D eigenvalue weighted by atomic mass is 28.4. The van der Waals surface area contributed by atoms with Gasteiger partial charge < -0.3 is 9.53 Å². The van der Waals surface area contributed by atoms with Crippen LogP contribution in [0.4, 0.5) is 0 Å². The second-order valence-corrected chi connectivity index (χ2v) is 12.7. The highest BCUT2D eigenvalue weighted by molar-refractivity contribution is 6.99. The van der Waals surface area contributed by atoms with Gasteiger partial charge in [0, 0.05) is 13.2 Å². The van der Waals surface area contributed by atoms with Crippen LogP contribution in [0.1, 0.15) is 40.0 Å². The number of hydrogen-bond donors (Lipinski definition) is 1. The average molecular weight is 355 g/mol. The Kier molecular flexibility index (Phi) is 5.19. The van der Waals surface area contributed by atoms with E-state index in [2.05, 4.69) is 81.4 Å². The van der Waals surface area contributed by atoms with E-state index in [1.807, 2.05) is 0 Å². The van der Waals surface area contributed by atoms with Crippen molar-refractivity contribution >= 4 is 18.7 Å². The molecule has 1 N–H and O–H groups in total. The molecule has 1 aliphatic carbocycles. The molecule has 0 radical (unpaired) electrons. The van der Waals surface area contributed by atoms with Crippen LogP contribution < -0.4 is 10.4 Å². The van der Waals surface area contributed by atoms with Crippen molar-refractivity contribution in [3.8, 4) is 0 Å². The maximum Gasteiger partial charge on any atom is 0.261 e. The molecule has 1 fully saturated rings. The molecular formula is C22H30O2Si. The summed E-state index contributed by atoms with van der Waals surface area (Å²) < 4.78 is 6.97. The first kappa shape index (κ1) is 18.4. The summed E-state index contributed by atoms with van der Waals surface area (Å²) in [4.78, 5) is 0. The number of aliphatic hydroxyl groups excluding tert-OH is 1. The predicted molar refractivity (Wildman–Crippen MR) is 107 cm³/mol. The first-order valence-electron chi connectivity index (χ1n) is 9.29. The Bertz CT molecular complexity index is 633. The van der Waals surface area contributed by atoms with Gasteiger partial charge >= 0.3 is 0 Å². The molecule has 0 saturated heterocycles. The minimum Gasteiger partial charge on any atom is -0.407 e. The summed E-state index contributed by atoms with van der Waals surface area (Å²) in [6, 6.07) is 21.6. The largest absolute Gasteiger partial charge is 0.407 e. The zero-order valence-electron chi connectivity index (χ0n) is 15.7. The number of hydrogen-bond acceptors (Lipinski definition) is 2. The zero-order chi connectivity index (χ0) is 18.0. The van der Waals surface area contributed by atoms with E-state index in [-0.39, 0.29) is 17.1 Å². The topological polar surface area (TPSA) is 29.5 Å². The minimum atomic E-state index is -2.43. The van der Waals surface area contributed by atoms with Crippen molar-refractivity contribution in [1.82, 2.24) is 0 Å². The maximum atomic E-state index is 9.42. The Hall–Kier alpha value is -1.42. The van der Waals surface area contributed by atoms with Crippen LogP contribution >= 0.6 is 0 Å². The molecule has 0 atom stereocenters. The minimum absolute atomic E-state index is 0.0189. The van der Waals surface area contributed by atoms with Crippen LogP contribution in [0, 0.1) is 5.41 Å². The summed E-state index contributed by atoms with van der Waals surface area (Å²) in [6.45, 7) is 7.94. The van der Waals surface area contributed by atoms with E-state index < -0.39 is 8.32 Å². The molecule has 0 bridgehead atoms. The maximum absolute atomic E-state index is 9.42. The molecule has 2 nitrogen and oxygen atoms in total. The van der Waals surface area contributed by atoms with E-state index in [0.29, 0.717) is 0 Å². The van der Waals surface area contributed by atoms with Gasteiger partial charge in [0.1, 0.15) is 0 Å². The summed E-state index contributed by atoms with van der Waals surface area (Å²) >= 11 is 0. The van der Waals surface area contributed by atoms with Gasteiger partial charge in [-0.2, -0.15) is 0 Å². The lowest BCUT2D eigenvalue weighted by molar-refractivity contribution is 0.176. The molecule has 2 aromatic rings. The molecule has 3 heteroatoms. The van der Waals surface area contributed by atoms with Crippen LogP contribution in [0.2, 0.25) is 5.04 Å². The molecule has 1 aliphatic rings. The van der Waals surface area contributed by atoms with Crippen LogP contribution in [0.3, 0.4) is 0 Å². The van der Waals surface area contributed by atoms with Crippen molar-refractivity contribution in [3.05, 3.63) is 60.7 Å². The number of aliphatic hydroxyl groups is 1. The Morgan fingerprint density at radius 3 is 1.76 bits per heavy atom. The Balaban J connectivity index is 2.06. The fourth-order valence-electron chi connectivity index (χ4n) is 3.90. The molecule has 1 saturated carbocycles. The van der Waals surface area contributed by atoms with Crippen molar-refractivity contribution in [2.24, 2.45) is 5.41 Å². The van der Waals surface area contributed by atoms with Crippen LogP contribution in [0.15, 0.2) is 60.7 Å². The smallest absolute Gasteiger partial charge is 0.261 e. The fourth-order valence-corrected chi connectivity index (χ4v) is 8.58. The molecular weight excluding hydrogens is 324 g/mol. The Morgan fingerprint density at radius 1 is 0.920 bits per heavy atom. The lowest BCUT2D eigenvalue weighted by atomic mass is 10.1. The van der Waals surface area contributed by atoms with Crippen molar-refractivity contribution in [1.29, 1.82) is 0 Å². The van der Waals surface area contributed by atoms with Crippen molar-refractivity contribution in [2.75, 3.05) is 13.2 Å². The van der Waals surface area contributed by atoms with Gasteiger partial charge in [0.25, 0.3) is 8.32 Å². The van der Waals surface area contributed by atoms with Crippen LogP contribution in [0.25, 0.3) is 0 Å². The second kappa shape index (κ2) is 7.06. The van der Waals surface area contributed by atoms with Gasteiger partial charge in [0.05, 0.1) is 0 Å². The molecule has 0 unspecified atom stereocenters. The highest BCUT2D eigenvalue weighted by Gasteiger charge is 2.53. The third-order valence-corrected chi connectivity index (χ3v) is 10.6. The SMILES string of the molecule is CC(C)(C)[Si](OCC1(CCO)CC1)(c1ccccc1)c1ccccc1. The van der Waals surface area contributed by atoms with Crippen molar-refractivity contribution < 1.29 is 9.53 Å². The summed E-state index contributed by atoms with van der Waals surface area (Å²) in [5, 5.41) is 12.1. The summed E-state index contributed by atoms with van der Waals surface area (Å²) in [5.74, 6) is 0. The standard InChI is InChI=1S/C22H30O2Si/c1-21(2,3)25(19-10-6-4-7-11-19,20-12-8-5-9-13-20)24-18-22(14-15-22)16-17-23/h4-13,23H,14-18H2,1-3H3. The molecule has 134 valence electrons. The lowest BCUT2D eigenvalue weighted by Gasteiger charge is -2.43. The van der Waals surface area contributed by atoms with Crippen molar-refractivity contribution in [2.45, 2.75) is 45.1 Å². The molecule has 25 heavy (non-hydrogen) atoms. The molecule has 0 aromatic heterocycles. The summed E-state index contributed by atoms with van der Waals surface area (Å²) in [7, 11) is -2.43. The van der Waals surface area contributed by atoms with E-state index in [1.54, 1.807) is 0 Å². The van der Waals surface area contributed by atoms with Gasteiger partial charge in [-0.25, -0.2) is 0 Å². The third kappa shape index (κ3) is 3.59. The first-order valence-corrected chi connectivity index (χ1v) is 11.2. The number of benzene rings is 2. The normalized spacial score (nSPS) is 16.6. The van der Waals surface area contributed by atoms with Gasteiger partial charge in [0.2, 0.25) is 0 Å². The Morgan fingerprint density at radius 2 is 1.40 bits per heavy atom. The van der Waals surface area contributed by atoms with E-state index in [0.717, 1.165) is 13.0 Å². The molecule has 3 rings (SSSR count). The van der Waals surface area contributed by atoms with E-state index in [9.17, 15) is 5.11 Å². The van der Waals surface area contributed by atoms with E-state index in [1.165, 1.54) is 23.2 Å². The molecule has 0 amide bonds. The zero-order valence-corrected chi connectivity index (χ0v) is 16.7. The highest BCUT2D eigenvalue weighted by Crippen LogP contribution is 2.50. The molecule has 0 spiro atoms. The summed E-state index contributed by atoms with van der Waals surface area (Å²) in [5.41, 5.74) is 0.196. The quantitative estimate of drug-likeness (QED) is 0.768. The lowest BCUT2D eigenvalue weighted by Crippen LogP contribution is -2.67. The van der Waals surface area contributed by atoms with Crippen LogP contribution in [0.5, 0.6) is 0 Å². The molecule has 2 aromatic carbocycles. The predicted octanol–water partition coefficient (Wildman–Crippen LogP) is 3.73. The van der Waals surface area contributed by atoms with Gasteiger partial charge in [-0.1, -0.05) is 81.4 Å². The summed E-state index contributed by atoms with van der Waals surface area (Å²) in [6.07, 6.45) is 3.20. The van der Waals surface area contributed by atoms with Gasteiger partial charge in [-0.05, 0) is 40.1 Å². The third-order valence-electron chi connectivity index (χ3n) is 5.61. The average Bonchev–Trinajstić information content (AvgIpc) is 3.36. The van der Waals surface area contributed by atoms with E-state index >= 15 is 0 Å². The van der Waals surface area contributed by atoms with Gasteiger partial charge in [-0.15, -0.1) is 0 Å². The second-order valence-electron chi connectivity index (χ2n) is 8.43. The number of rotatable bonds is 7. The monoisotopic (exact) mass is 354 g/mol. The Labute approximate surface area is 153 Å². The van der Waals surface area contributed by atoms with Crippen molar-refractivity contribution in [3.63, 3.8) is 0 Å². The fraction of sp³-hybridized carbons (Fsp3) is 0.455. The van der Waals surface area contributed by atoms with Crippen LogP contribution in [-0.4, -0.2) is 26.6 Å². The van der Waals surface area contributed by atoms with Gasteiger partial charge in [0.15, 0.2) is 0 Å². The first-order chi connectivity index (χ1) is 11.9. The molecule has 0 heterocycles. The van der Waals surface area contributed by atoms with Gasteiger partial charge in [-0.3, -0.25) is 0 Å². The van der Waals surface area contributed by atoms with E-state index in [4.69, 9.17) is 4.43 Å².